The van der Waals surface area contributed by atoms with Gasteiger partial charge in [-0.25, -0.2) is 0 Å². The van der Waals surface area contributed by atoms with Crippen molar-refractivity contribution in [1.82, 2.24) is 14.8 Å². The summed E-state index contributed by atoms with van der Waals surface area (Å²) in [5, 5.41) is 4.28. The van der Waals surface area contributed by atoms with Gasteiger partial charge in [0.05, 0.1) is 17.9 Å². The SMILES string of the molecule is CCCn1cc(C(N)c2cc(C)ccn2)cn1. The Morgan fingerprint density at radius 2 is 2.29 bits per heavy atom. The summed E-state index contributed by atoms with van der Waals surface area (Å²) in [7, 11) is 0. The topological polar surface area (TPSA) is 56.7 Å². The summed E-state index contributed by atoms with van der Waals surface area (Å²) in [4.78, 5) is 4.31. The molecule has 0 aliphatic carbocycles. The van der Waals surface area contributed by atoms with E-state index in [0.717, 1.165) is 24.2 Å². The Morgan fingerprint density at radius 1 is 1.47 bits per heavy atom. The lowest BCUT2D eigenvalue weighted by Gasteiger charge is -2.09. The molecule has 0 bridgehead atoms. The molecule has 1 atom stereocenters. The summed E-state index contributed by atoms with van der Waals surface area (Å²) in [5.74, 6) is 0. The van der Waals surface area contributed by atoms with Crippen LogP contribution in [0.3, 0.4) is 0 Å². The highest BCUT2D eigenvalue weighted by atomic mass is 15.3. The lowest BCUT2D eigenvalue weighted by atomic mass is 10.1. The predicted octanol–water partition coefficient (Wildman–Crippen LogP) is 2.04. The first-order chi connectivity index (χ1) is 8.20. The van der Waals surface area contributed by atoms with E-state index in [1.165, 1.54) is 5.56 Å². The van der Waals surface area contributed by atoms with Gasteiger partial charge in [-0.15, -0.1) is 0 Å². The van der Waals surface area contributed by atoms with E-state index in [1.807, 2.05) is 36.1 Å². The molecule has 2 N–H and O–H groups in total. The van der Waals surface area contributed by atoms with Crippen molar-refractivity contribution in [1.29, 1.82) is 0 Å². The van der Waals surface area contributed by atoms with Crippen molar-refractivity contribution in [3.8, 4) is 0 Å². The van der Waals surface area contributed by atoms with Crippen molar-refractivity contribution in [3.05, 3.63) is 47.5 Å². The van der Waals surface area contributed by atoms with Crippen LogP contribution in [0.1, 0.15) is 36.2 Å². The van der Waals surface area contributed by atoms with Crippen molar-refractivity contribution in [2.75, 3.05) is 0 Å². The number of hydrogen-bond donors (Lipinski definition) is 1. The first-order valence-corrected chi connectivity index (χ1v) is 5.91. The molecule has 0 radical (unpaired) electrons. The molecule has 90 valence electrons. The molecule has 0 aromatic carbocycles. The molecular formula is C13H18N4. The standard InChI is InChI=1S/C13H18N4/c1-3-6-17-9-11(8-16-17)13(14)12-7-10(2)4-5-15-12/h4-5,7-9,13H,3,6,14H2,1-2H3. The van der Waals surface area contributed by atoms with Gasteiger partial charge in [0.25, 0.3) is 0 Å². The summed E-state index contributed by atoms with van der Waals surface area (Å²) < 4.78 is 1.92. The molecule has 1 unspecified atom stereocenters. The van der Waals surface area contributed by atoms with Crippen LogP contribution in [0.4, 0.5) is 0 Å². The lowest BCUT2D eigenvalue weighted by molar-refractivity contribution is 0.601. The number of aromatic nitrogens is 3. The van der Waals surface area contributed by atoms with E-state index in [1.54, 1.807) is 6.20 Å². The van der Waals surface area contributed by atoms with Crippen LogP contribution in [0.15, 0.2) is 30.7 Å². The summed E-state index contributed by atoms with van der Waals surface area (Å²) in [6, 6.07) is 3.79. The van der Waals surface area contributed by atoms with E-state index >= 15 is 0 Å². The molecule has 4 nitrogen and oxygen atoms in total. The number of nitrogens with zero attached hydrogens (tertiary/aromatic N) is 3. The van der Waals surface area contributed by atoms with Gasteiger partial charge in [0, 0.05) is 24.5 Å². The smallest absolute Gasteiger partial charge is 0.0757 e. The number of pyridine rings is 1. The quantitative estimate of drug-likeness (QED) is 0.874. The molecule has 0 amide bonds. The fourth-order valence-electron chi connectivity index (χ4n) is 1.79. The van der Waals surface area contributed by atoms with Gasteiger partial charge in [-0.1, -0.05) is 6.92 Å². The van der Waals surface area contributed by atoms with Crippen LogP contribution in [-0.2, 0) is 6.54 Å². The highest BCUT2D eigenvalue weighted by Gasteiger charge is 2.12. The Morgan fingerprint density at radius 3 is 3.00 bits per heavy atom. The molecule has 0 aliphatic heterocycles. The molecule has 0 saturated carbocycles. The second-order valence-electron chi connectivity index (χ2n) is 4.27. The maximum Gasteiger partial charge on any atom is 0.0757 e. The number of rotatable bonds is 4. The maximum atomic E-state index is 6.18. The molecule has 0 spiro atoms. The van der Waals surface area contributed by atoms with Gasteiger partial charge in [-0.2, -0.15) is 5.10 Å². The van der Waals surface area contributed by atoms with Crippen molar-refractivity contribution in [3.63, 3.8) is 0 Å². The van der Waals surface area contributed by atoms with Crippen LogP contribution in [0.2, 0.25) is 0 Å². The maximum absolute atomic E-state index is 6.18. The van der Waals surface area contributed by atoms with Crippen LogP contribution in [0.5, 0.6) is 0 Å². The van der Waals surface area contributed by atoms with E-state index in [9.17, 15) is 0 Å². The number of aryl methyl sites for hydroxylation is 2. The third-order valence-corrected chi connectivity index (χ3v) is 2.72. The van der Waals surface area contributed by atoms with Crippen LogP contribution >= 0.6 is 0 Å². The van der Waals surface area contributed by atoms with Gasteiger partial charge in [0.1, 0.15) is 0 Å². The van der Waals surface area contributed by atoms with E-state index in [4.69, 9.17) is 5.73 Å². The average Bonchev–Trinajstić information content (AvgIpc) is 2.77. The van der Waals surface area contributed by atoms with E-state index in [0.29, 0.717) is 0 Å². The van der Waals surface area contributed by atoms with Crippen LogP contribution in [0.25, 0.3) is 0 Å². The van der Waals surface area contributed by atoms with E-state index in [-0.39, 0.29) is 6.04 Å². The van der Waals surface area contributed by atoms with Crippen molar-refractivity contribution >= 4 is 0 Å². The zero-order chi connectivity index (χ0) is 12.3. The first-order valence-electron chi connectivity index (χ1n) is 5.91. The van der Waals surface area contributed by atoms with Crippen molar-refractivity contribution < 1.29 is 0 Å². The summed E-state index contributed by atoms with van der Waals surface area (Å²) in [6.45, 7) is 5.09. The van der Waals surface area contributed by atoms with Crippen LogP contribution in [0, 0.1) is 6.92 Å². The fourth-order valence-corrected chi connectivity index (χ4v) is 1.79. The molecule has 2 heterocycles. The zero-order valence-corrected chi connectivity index (χ0v) is 10.3. The van der Waals surface area contributed by atoms with Crippen LogP contribution < -0.4 is 5.73 Å². The third-order valence-electron chi connectivity index (χ3n) is 2.72. The van der Waals surface area contributed by atoms with Crippen LogP contribution in [-0.4, -0.2) is 14.8 Å². The Hall–Kier alpha value is -1.68. The first kappa shape index (κ1) is 11.8. The van der Waals surface area contributed by atoms with E-state index in [2.05, 4.69) is 17.0 Å². The molecule has 2 rings (SSSR count). The molecule has 17 heavy (non-hydrogen) atoms. The Bertz CT molecular complexity index is 490. The fraction of sp³-hybridized carbons (Fsp3) is 0.385. The summed E-state index contributed by atoms with van der Waals surface area (Å²) in [6.07, 6.45) is 6.68. The molecule has 0 saturated heterocycles. The predicted molar refractivity (Wildman–Crippen MR) is 67.5 cm³/mol. The Balaban J connectivity index is 2.21. The molecular weight excluding hydrogens is 212 g/mol. The largest absolute Gasteiger partial charge is 0.319 e. The highest BCUT2D eigenvalue weighted by molar-refractivity contribution is 5.25. The molecule has 2 aromatic heterocycles. The van der Waals surface area contributed by atoms with Gasteiger partial charge < -0.3 is 5.73 Å². The molecule has 4 heteroatoms. The normalized spacial score (nSPS) is 12.6. The van der Waals surface area contributed by atoms with Gasteiger partial charge in [0.15, 0.2) is 0 Å². The third kappa shape index (κ3) is 2.71. The van der Waals surface area contributed by atoms with E-state index < -0.39 is 0 Å². The second kappa shape index (κ2) is 5.10. The molecule has 0 aliphatic rings. The Labute approximate surface area is 101 Å². The summed E-state index contributed by atoms with van der Waals surface area (Å²) in [5.41, 5.74) is 9.25. The van der Waals surface area contributed by atoms with Crippen molar-refractivity contribution in [2.24, 2.45) is 5.73 Å². The lowest BCUT2D eigenvalue weighted by Crippen LogP contribution is -2.13. The minimum Gasteiger partial charge on any atom is -0.319 e. The second-order valence-corrected chi connectivity index (χ2v) is 4.27. The number of hydrogen-bond acceptors (Lipinski definition) is 3. The minimum atomic E-state index is -0.194. The average molecular weight is 230 g/mol. The monoisotopic (exact) mass is 230 g/mol. The number of nitrogens with two attached hydrogens (primary N) is 1. The minimum absolute atomic E-state index is 0.194. The van der Waals surface area contributed by atoms with Gasteiger partial charge in [-0.3, -0.25) is 9.67 Å². The molecule has 2 aromatic rings. The molecule has 0 fully saturated rings. The van der Waals surface area contributed by atoms with Gasteiger partial charge in [0.2, 0.25) is 0 Å². The van der Waals surface area contributed by atoms with Crippen molar-refractivity contribution in [2.45, 2.75) is 32.9 Å². The Kier molecular flexibility index (Phi) is 3.54. The van der Waals surface area contributed by atoms with Gasteiger partial charge >= 0.3 is 0 Å². The highest BCUT2D eigenvalue weighted by Crippen LogP contribution is 2.17. The summed E-state index contributed by atoms with van der Waals surface area (Å²) >= 11 is 0. The zero-order valence-electron chi connectivity index (χ0n) is 10.3. The van der Waals surface area contributed by atoms with Gasteiger partial charge in [-0.05, 0) is 31.0 Å².